The first-order valence-electron chi connectivity index (χ1n) is 9.38. The number of piperazine rings is 1. The maximum Gasteiger partial charge on any atom is 0.246 e. The Hall–Kier alpha value is -2.98. The summed E-state index contributed by atoms with van der Waals surface area (Å²) in [6.07, 6.45) is 5.14. The average Bonchev–Trinajstić information content (AvgIpc) is 3.29. The van der Waals surface area contributed by atoms with Crippen LogP contribution >= 0.6 is 0 Å². The van der Waals surface area contributed by atoms with Gasteiger partial charge in [0.1, 0.15) is 17.0 Å². The molecule has 29 heavy (non-hydrogen) atoms. The standard InChI is InChI=1S/C19H22N6O3S/c1-2-28-16-5-3-4-6-17(16)29(26,27)25-13-11-23(12-14-25)18-7-8-19(22-21-18)24-10-9-20-15-24/h3-10,15H,2,11-14H2,1H3. The molecule has 0 unspecified atom stereocenters. The summed E-state index contributed by atoms with van der Waals surface area (Å²) >= 11 is 0. The van der Waals surface area contributed by atoms with Crippen LogP contribution in [0.25, 0.3) is 5.82 Å². The van der Waals surface area contributed by atoms with Gasteiger partial charge in [-0.1, -0.05) is 12.1 Å². The van der Waals surface area contributed by atoms with Crippen molar-refractivity contribution in [3.63, 3.8) is 0 Å². The summed E-state index contributed by atoms with van der Waals surface area (Å²) in [5.41, 5.74) is 0. The van der Waals surface area contributed by atoms with Gasteiger partial charge in [-0.2, -0.15) is 4.31 Å². The molecular formula is C19H22N6O3S. The number of nitrogens with zero attached hydrogens (tertiary/aromatic N) is 6. The maximum atomic E-state index is 13.1. The number of para-hydroxylation sites is 1. The van der Waals surface area contributed by atoms with Gasteiger partial charge in [0.05, 0.1) is 6.61 Å². The second-order valence-corrected chi connectivity index (χ2v) is 8.40. The molecule has 3 heterocycles. The van der Waals surface area contributed by atoms with Crippen LogP contribution in [0.1, 0.15) is 6.92 Å². The molecule has 1 aromatic carbocycles. The van der Waals surface area contributed by atoms with Crippen LogP contribution in [0.3, 0.4) is 0 Å². The number of rotatable bonds is 6. The highest BCUT2D eigenvalue weighted by Crippen LogP contribution is 2.27. The lowest BCUT2D eigenvalue weighted by Gasteiger charge is -2.34. The van der Waals surface area contributed by atoms with Crippen molar-refractivity contribution in [1.29, 1.82) is 0 Å². The number of benzene rings is 1. The van der Waals surface area contributed by atoms with Gasteiger partial charge in [-0.25, -0.2) is 13.4 Å². The van der Waals surface area contributed by atoms with Crippen LogP contribution in [-0.4, -0.2) is 65.3 Å². The Balaban J connectivity index is 1.45. The second kappa shape index (κ2) is 8.18. The fourth-order valence-corrected chi connectivity index (χ4v) is 4.81. The predicted molar refractivity (Wildman–Crippen MR) is 108 cm³/mol. The van der Waals surface area contributed by atoms with Crippen LogP contribution < -0.4 is 9.64 Å². The first-order chi connectivity index (χ1) is 14.1. The molecule has 3 aromatic rings. The molecular weight excluding hydrogens is 392 g/mol. The van der Waals surface area contributed by atoms with E-state index in [0.717, 1.165) is 5.82 Å². The van der Waals surface area contributed by atoms with Gasteiger partial charge in [0.2, 0.25) is 10.0 Å². The minimum Gasteiger partial charge on any atom is -0.492 e. The Labute approximate surface area is 169 Å². The van der Waals surface area contributed by atoms with Gasteiger partial charge >= 0.3 is 0 Å². The molecule has 0 saturated carbocycles. The quantitative estimate of drug-likeness (QED) is 0.604. The number of imidazole rings is 1. The maximum absolute atomic E-state index is 13.1. The van der Waals surface area contributed by atoms with E-state index < -0.39 is 10.0 Å². The van der Waals surface area contributed by atoms with Gasteiger partial charge in [0.25, 0.3) is 0 Å². The van der Waals surface area contributed by atoms with E-state index in [1.165, 1.54) is 4.31 Å². The van der Waals surface area contributed by atoms with E-state index in [0.29, 0.717) is 44.4 Å². The van der Waals surface area contributed by atoms with Crippen molar-refractivity contribution < 1.29 is 13.2 Å². The van der Waals surface area contributed by atoms with E-state index in [1.54, 1.807) is 47.6 Å². The molecule has 0 N–H and O–H groups in total. The van der Waals surface area contributed by atoms with Crippen molar-refractivity contribution in [2.45, 2.75) is 11.8 Å². The van der Waals surface area contributed by atoms with E-state index in [1.807, 2.05) is 24.0 Å². The summed E-state index contributed by atoms with van der Waals surface area (Å²) in [5, 5.41) is 8.51. The molecule has 1 saturated heterocycles. The molecule has 1 aliphatic heterocycles. The van der Waals surface area contributed by atoms with Gasteiger partial charge in [-0.3, -0.25) is 4.57 Å². The first-order valence-corrected chi connectivity index (χ1v) is 10.8. The highest BCUT2D eigenvalue weighted by molar-refractivity contribution is 7.89. The van der Waals surface area contributed by atoms with E-state index in [9.17, 15) is 8.42 Å². The second-order valence-electron chi connectivity index (χ2n) is 6.49. The van der Waals surface area contributed by atoms with E-state index in [-0.39, 0.29) is 4.90 Å². The molecule has 1 aliphatic rings. The molecule has 4 rings (SSSR count). The number of aromatic nitrogens is 4. The first kappa shape index (κ1) is 19.3. The molecule has 0 spiro atoms. The summed E-state index contributed by atoms with van der Waals surface area (Å²) < 4.78 is 35.0. The Morgan fingerprint density at radius 1 is 1.00 bits per heavy atom. The summed E-state index contributed by atoms with van der Waals surface area (Å²) in [6.45, 7) is 4.06. The van der Waals surface area contributed by atoms with Crippen LogP contribution in [0.15, 0.2) is 60.0 Å². The van der Waals surface area contributed by atoms with Gasteiger partial charge in [0, 0.05) is 38.6 Å². The van der Waals surface area contributed by atoms with Crippen LogP contribution in [0.4, 0.5) is 5.82 Å². The highest BCUT2D eigenvalue weighted by atomic mass is 32.2. The monoisotopic (exact) mass is 414 g/mol. The van der Waals surface area contributed by atoms with Gasteiger partial charge < -0.3 is 9.64 Å². The largest absolute Gasteiger partial charge is 0.492 e. The predicted octanol–water partition coefficient (Wildman–Crippen LogP) is 1.57. The van der Waals surface area contributed by atoms with Crippen molar-refractivity contribution in [2.24, 2.45) is 0 Å². The fourth-order valence-electron chi connectivity index (χ4n) is 3.25. The number of hydrogen-bond acceptors (Lipinski definition) is 7. The molecule has 2 aromatic heterocycles. The molecule has 152 valence electrons. The SMILES string of the molecule is CCOc1ccccc1S(=O)(=O)N1CCN(c2ccc(-n3ccnc3)nn2)CC1. The molecule has 0 bridgehead atoms. The van der Waals surface area contributed by atoms with Crippen LogP contribution in [-0.2, 0) is 10.0 Å². The summed E-state index contributed by atoms with van der Waals surface area (Å²) in [7, 11) is -3.62. The number of sulfonamides is 1. The number of anilines is 1. The lowest BCUT2D eigenvalue weighted by Crippen LogP contribution is -2.49. The fraction of sp³-hybridized carbons (Fsp3) is 0.316. The van der Waals surface area contributed by atoms with Gasteiger partial charge in [-0.15, -0.1) is 10.2 Å². The topological polar surface area (TPSA) is 93.5 Å². The minimum atomic E-state index is -3.62. The van der Waals surface area contributed by atoms with E-state index in [2.05, 4.69) is 15.2 Å². The Kier molecular flexibility index (Phi) is 5.45. The summed E-state index contributed by atoms with van der Waals surface area (Å²) in [6, 6.07) is 10.5. The average molecular weight is 414 g/mol. The minimum absolute atomic E-state index is 0.208. The lowest BCUT2D eigenvalue weighted by molar-refractivity contribution is 0.327. The molecule has 0 radical (unpaired) electrons. The molecule has 10 heteroatoms. The molecule has 0 aliphatic carbocycles. The number of ether oxygens (including phenoxy) is 1. The van der Waals surface area contributed by atoms with Crippen molar-refractivity contribution in [1.82, 2.24) is 24.1 Å². The zero-order valence-electron chi connectivity index (χ0n) is 16.0. The van der Waals surface area contributed by atoms with Crippen LogP contribution in [0, 0.1) is 0 Å². The van der Waals surface area contributed by atoms with Crippen LogP contribution in [0.5, 0.6) is 5.75 Å². The zero-order chi connectivity index (χ0) is 20.3. The normalized spacial score (nSPS) is 15.4. The third-order valence-electron chi connectivity index (χ3n) is 4.73. The van der Waals surface area contributed by atoms with Crippen molar-refractivity contribution in [3.8, 4) is 11.6 Å². The van der Waals surface area contributed by atoms with E-state index in [4.69, 9.17) is 4.74 Å². The van der Waals surface area contributed by atoms with E-state index >= 15 is 0 Å². The Bertz CT molecular complexity index is 1050. The molecule has 9 nitrogen and oxygen atoms in total. The van der Waals surface area contributed by atoms with Crippen molar-refractivity contribution >= 4 is 15.8 Å². The lowest BCUT2D eigenvalue weighted by atomic mass is 10.3. The van der Waals surface area contributed by atoms with Gasteiger partial charge in [-0.05, 0) is 31.2 Å². The summed E-state index contributed by atoms with van der Waals surface area (Å²) in [5.74, 6) is 1.79. The smallest absolute Gasteiger partial charge is 0.246 e. The third kappa shape index (κ3) is 3.94. The number of hydrogen-bond donors (Lipinski definition) is 0. The van der Waals surface area contributed by atoms with Crippen molar-refractivity contribution in [3.05, 3.63) is 55.1 Å². The Morgan fingerprint density at radius 2 is 1.72 bits per heavy atom. The third-order valence-corrected chi connectivity index (χ3v) is 6.67. The summed E-state index contributed by atoms with van der Waals surface area (Å²) in [4.78, 5) is 6.24. The molecule has 0 amide bonds. The highest BCUT2D eigenvalue weighted by Gasteiger charge is 2.31. The Morgan fingerprint density at radius 3 is 2.38 bits per heavy atom. The van der Waals surface area contributed by atoms with Gasteiger partial charge in [0.15, 0.2) is 11.6 Å². The zero-order valence-corrected chi connectivity index (χ0v) is 16.9. The van der Waals surface area contributed by atoms with Crippen LogP contribution in [0.2, 0.25) is 0 Å². The molecule has 0 atom stereocenters. The van der Waals surface area contributed by atoms with Crippen molar-refractivity contribution in [2.75, 3.05) is 37.7 Å². The molecule has 1 fully saturated rings.